The van der Waals surface area contributed by atoms with Gasteiger partial charge in [-0.1, -0.05) is 15.9 Å². The minimum Gasteiger partial charge on any atom is -0.497 e. The predicted octanol–water partition coefficient (Wildman–Crippen LogP) is 3.34. The zero-order valence-electron chi connectivity index (χ0n) is 7.93. The number of ether oxygens (including phenoxy) is 1. The number of ketones is 1. The minimum absolute atomic E-state index is 0.0667. The quantitative estimate of drug-likeness (QED) is 0.630. The molecular formula is C10H10Br2O2. The summed E-state index contributed by atoms with van der Waals surface area (Å²) in [6, 6.07) is 3.64. The molecule has 0 aromatic heterocycles. The van der Waals surface area contributed by atoms with Crippen LogP contribution in [0, 0.1) is 6.92 Å². The van der Waals surface area contributed by atoms with Gasteiger partial charge in [0.25, 0.3) is 0 Å². The average Bonchev–Trinajstić information content (AvgIpc) is 2.16. The number of methoxy groups -OCH3 is 1. The van der Waals surface area contributed by atoms with E-state index in [0.29, 0.717) is 10.9 Å². The Balaban J connectivity index is 3.25. The van der Waals surface area contributed by atoms with Crippen molar-refractivity contribution in [3.8, 4) is 5.75 Å². The molecule has 0 N–H and O–H groups in total. The van der Waals surface area contributed by atoms with Crippen molar-refractivity contribution in [2.75, 3.05) is 12.4 Å². The van der Waals surface area contributed by atoms with E-state index in [1.54, 1.807) is 13.2 Å². The zero-order valence-corrected chi connectivity index (χ0v) is 11.1. The number of carbonyl (C=O) groups is 1. The summed E-state index contributed by atoms with van der Waals surface area (Å²) in [4.78, 5) is 11.5. The van der Waals surface area contributed by atoms with Gasteiger partial charge < -0.3 is 4.74 Å². The molecule has 76 valence electrons. The molecule has 0 aliphatic heterocycles. The van der Waals surface area contributed by atoms with Gasteiger partial charge in [0, 0.05) is 10.0 Å². The van der Waals surface area contributed by atoms with Gasteiger partial charge in [-0.3, -0.25) is 4.79 Å². The van der Waals surface area contributed by atoms with Gasteiger partial charge in [-0.15, -0.1) is 0 Å². The second kappa shape index (κ2) is 4.94. The van der Waals surface area contributed by atoms with Crippen molar-refractivity contribution in [3.63, 3.8) is 0 Å². The van der Waals surface area contributed by atoms with Crippen molar-refractivity contribution in [2.24, 2.45) is 0 Å². The number of alkyl halides is 1. The van der Waals surface area contributed by atoms with Crippen molar-refractivity contribution >= 4 is 37.6 Å². The molecule has 0 aliphatic carbocycles. The van der Waals surface area contributed by atoms with Gasteiger partial charge in [-0.2, -0.15) is 0 Å². The standard InChI is InChI=1S/C10H10Br2O2/c1-6-3-7(14-2)4-8(12)10(6)9(13)5-11/h3-4H,5H2,1-2H3. The molecule has 0 amide bonds. The van der Waals surface area contributed by atoms with Gasteiger partial charge in [-0.25, -0.2) is 0 Å². The third-order valence-electron chi connectivity index (χ3n) is 1.90. The molecule has 0 aliphatic rings. The highest BCUT2D eigenvalue weighted by Crippen LogP contribution is 2.27. The van der Waals surface area contributed by atoms with E-state index in [4.69, 9.17) is 4.74 Å². The van der Waals surface area contributed by atoms with Crippen LogP contribution in [0.4, 0.5) is 0 Å². The maximum Gasteiger partial charge on any atom is 0.174 e. The molecule has 0 saturated carbocycles. The van der Waals surface area contributed by atoms with E-state index in [1.807, 2.05) is 13.0 Å². The Morgan fingerprint density at radius 3 is 2.57 bits per heavy atom. The number of aryl methyl sites for hydroxylation is 1. The van der Waals surface area contributed by atoms with Crippen LogP contribution in [-0.4, -0.2) is 18.2 Å². The first-order chi connectivity index (χ1) is 6.60. The van der Waals surface area contributed by atoms with E-state index < -0.39 is 0 Å². The Morgan fingerprint density at radius 1 is 1.50 bits per heavy atom. The van der Waals surface area contributed by atoms with Gasteiger partial charge in [0.05, 0.1) is 12.4 Å². The SMILES string of the molecule is COc1cc(C)c(C(=O)CBr)c(Br)c1. The van der Waals surface area contributed by atoms with Crippen LogP contribution in [0.15, 0.2) is 16.6 Å². The van der Waals surface area contributed by atoms with Crippen LogP contribution in [0.5, 0.6) is 5.75 Å². The lowest BCUT2D eigenvalue weighted by Crippen LogP contribution is -2.04. The highest BCUT2D eigenvalue weighted by molar-refractivity contribution is 9.10. The van der Waals surface area contributed by atoms with Crippen LogP contribution in [0.2, 0.25) is 0 Å². The Bertz CT molecular complexity index is 338. The Morgan fingerprint density at radius 2 is 2.14 bits per heavy atom. The third-order valence-corrected chi connectivity index (χ3v) is 3.03. The number of carbonyl (C=O) groups excluding carboxylic acids is 1. The van der Waals surface area contributed by atoms with Gasteiger partial charge in [-0.05, 0) is 40.5 Å². The molecule has 0 unspecified atom stereocenters. The van der Waals surface area contributed by atoms with E-state index >= 15 is 0 Å². The number of benzene rings is 1. The molecule has 0 spiro atoms. The summed E-state index contributed by atoms with van der Waals surface area (Å²) < 4.78 is 5.87. The van der Waals surface area contributed by atoms with Crippen LogP contribution in [-0.2, 0) is 0 Å². The van der Waals surface area contributed by atoms with Crippen LogP contribution >= 0.6 is 31.9 Å². The van der Waals surface area contributed by atoms with Gasteiger partial charge in [0.1, 0.15) is 5.75 Å². The summed E-state index contributed by atoms with van der Waals surface area (Å²) in [5.41, 5.74) is 1.63. The number of halogens is 2. The molecule has 0 bridgehead atoms. The maximum absolute atomic E-state index is 11.5. The average molecular weight is 322 g/mol. The summed E-state index contributed by atoms with van der Waals surface area (Å²) in [6.07, 6.45) is 0. The maximum atomic E-state index is 11.5. The lowest BCUT2D eigenvalue weighted by atomic mass is 10.1. The van der Waals surface area contributed by atoms with Crippen LogP contribution in [0.1, 0.15) is 15.9 Å². The second-order valence-electron chi connectivity index (χ2n) is 2.86. The summed E-state index contributed by atoms with van der Waals surface area (Å²) in [6.45, 7) is 1.89. The lowest BCUT2D eigenvalue weighted by Gasteiger charge is -2.08. The van der Waals surface area contributed by atoms with Crippen molar-refractivity contribution in [1.82, 2.24) is 0 Å². The fraction of sp³-hybridized carbons (Fsp3) is 0.300. The Hall–Kier alpha value is -0.350. The zero-order chi connectivity index (χ0) is 10.7. The molecule has 14 heavy (non-hydrogen) atoms. The second-order valence-corrected chi connectivity index (χ2v) is 4.27. The van der Waals surface area contributed by atoms with E-state index in [0.717, 1.165) is 15.8 Å². The fourth-order valence-electron chi connectivity index (χ4n) is 1.25. The largest absolute Gasteiger partial charge is 0.497 e. The summed E-state index contributed by atoms with van der Waals surface area (Å²) in [7, 11) is 1.60. The molecule has 1 rings (SSSR count). The predicted molar refractivity (Wildman–Crippen MR) is 63.6 cm³/mol. The van der Waals surface area contributed by atoms with E-state index in [9.17, 15) is 4.79 Å². The number of Topliss-reactive ketones (excluding diaryl/α,β-unsaturated/α-hetero) is 1. The Labute approximate surface area is 99.9 Å². The van der Waals surface area contributed by atoms with Crippen molar-refractivity contribution in [1.29, 1.82) is 0 Å². The molecule has 0 radical (unpaired) electrons. The van der Waals surface area contributed by atoms with Crippen LogP contribution in [0.3, 0.4) is 0 Å². The summed E-state index contributed by atoms with van der Waals surface area (Å²) in [5.74, 6) is 0.817. The first kappa shape index (κ1) is 11.7. The van der Waals surface area contributed by atoms with E-state index in [-0.39, 0.29) is 5.78 Å². The molecular weight excluding hydrogens is 312 g/mol. The smallest absolute Gasteiger partial charge is 0.174 e. The van der Waals surface area contributed by atoms with Gasteiger partial charge in [0.15, 0.2) is 5.78 Å². The van der Waals surface area contributed by atoms with Gasteiger partial charge in [0.2, 0.25) is 0 Å². The first-order valence-electron chi connectivity index (χ1n) is 4.03. The Kier molecular flexibility index (Phi) is 4.13. The van der Waals surface area contributed by atoms with Crippen LogP contribution < -0.4 is 4.74 Å². The van der Waals surface area contributed by atoms with Crippen molar-refractivity contribution in [2.45, 2.75) is 6.92 Å². The highest BCUT2D eigenvalue weighted by atomic mass is 79.9. The minimum atomic E-state index is 0.0667. The topological polar surface area (TPSA) is 26.3 Å². The molecule has 1 aromatic carbocycles. The molecule has 0 fully saturated rings. The number of hydrogen-bond donors (Lipinski definition) is 0. The molecule has 0 heterocycles. The summed E-state index contributed by atoms with van der Waals surface area (Å²) in [5, 5.41) is 0.332. The van der Waals surface area contributed by atoms with E-state index in [2.05, 4.69) is 31.9 Å². The summed E-state index contributed by atoms with van der Waals surface area (Å²) >= 11 is 6.51. The first-order valence-corrected chi connectivity index (χ1v) is 5.95. The molecule has 0 saturated heterocycles. The lowest BCUT2D eigenvalue weighted by molar-refractivity contribution is 0.102. The molecule has 4 heteroatoms. The molecule has 2 nitrogen and oxygen atoms in total. The highest BCUT2D eigenvalue weighted by Gasteiger charge is 2.13. The number of rotatable bonds is 3. The van der Waals surface area contributed by atoms with Crippen molar-refractivity contribution in [3.05, 3.63) is 27.7 Å². The molecule has 1 aromatic rings. The fourth-order valence-corrected chi connectivity index (χ4v) is 2.29. The van der Waals surface area contributed by atoms with E-state index in [1.165, 1.54) is 0 Å². The normalized spacial score (nSPS) is 10.0. The van der Waals surface area contributed by atoms with Crippen LogP contribution in [0.25, 0.3) is 0 Å². The third kappa shape index (κ3) is 2.36. The van der Waals surface area contributed by atoms with Crippen molar-refractivity contribution < 1.29 is 9.53 Å². The molecule has 0 atom stereocenters. The number of hydrogen-bond acceptors (Lipinski definition) is 2. The van der Waals surface area contributed by atoms with Gasteiger partial charge >= 0.3 is 0 Å². The monoisotopic (exact) mass is 320 g/mol.